The number of nitrogens with one attached hydrogen (secondary N) is 1. The molecule has 4 N–H and O–H groups in total. The van der Waals surface area contributed by atoms with Crippen LogP contribution in [0.4, 0.5) is 5.82 Å². The van der Waals surface area contributed by atoms with Gasteiger partial charge in [0.05, 0.1) is 6.33 Å². The Balaban J connectivity index is 2.31. The van der Waals surface area contributed by atoms with Crippen molar-refractivity contribution in [2.24, 2.45) is 10.9 Å². The number of aromatic nitrogens is 4. The molecular formula is C11H17N7O. The third-order valence-corrected chi connectivity index (χ3v) is 2.84. The summed E-state index contributed by atoms with van der Waals surface area (Å²) in [5, 5.41) is 11.6. The average Bonchev–Trinajstić information content (AvgIpc) is 2.87. The molecule has 0 aliphatic carbocycles. The van der Waals surface area contributed by atoms with Gasteiger partial charge in [-0.15, -0.1) is 0 Å². The lowest BCUT2D eigenvalue weighted by Gasteiger charge is -2.27. The molecule has 0 amide bonds. The van der Waals surface area contributed by atoms with Gasteiger partial charge in [-0.1, -0.05) is 5.16 Å². The molecule has 2 aromatic heterocycles. The van der Waals surface area contributed by atoms with Gasteiger partial charge in [0.15, 0.2) is 11.5 Å². The normalized spacial score (nSPS) is 12.3. The number of aromatic amines is 1. The van der Waals surface area contributed by atoms with Gasteiger partial charge in [0.25, 0.3) is 0 Å². The van der Waals surface area contributed by atoms with Crippen molar-refractivity contribution < 1.29 is 5.21 Å². The minimum atomic E-state index is 0.195. The van der Waals surface area contributed by atoms with E-state index in [1.54, 1.807) is 6.33 Å². The molecule has 19 heavy (non-hydrogen) atoms. The maximum atomic E-state index is 8.60. The largest absolute Gasteiger partial charge is 0.409 e. The van der Waals surface area contributed by atoms with E-state index in [0.29, 0.717) is 18.6 Å². The third kappa shape index (κ3) is 2.72. The Morgan fingerprint density at radius 3 is 2.95 bits per heavy atom. The number of anilines is 1. The summed E-state index contributed by atoms with van der Waals surface area (Å²) in [5.41, 5.74) is 6.92. The van der Waals surface area contributed by atoms with Crippen molar-refractivity contribution >= 4 is 22.8 Å². The predicted molar refractivity (Wildman–Crippen MR) is 72.2 cm³/mol. The highest BCUT2D eigenvalue weighted by Gasteiger charge is 2.17. The lowest BCUT2D eigenvalue weighted by Crippen LogP contribution is -2.35. The molecule has 2 heterocycles. The quantitative estimate of drug-likeness (QED) is 0.316. The van der Waals surface area contributed by atoms with E-state index in [4.69, 9.17) is 10.9 Å². The first-order valence-electron chi connectivity index (χ1n) is 6.00. The fourth-order valence-electron chi connectivity index (χ4n) is 1.86. The number of nitrogens with zero attached hydrogens (tertiary/aromatic N) is 5. The molecule has 0 radical (unpaired) electrons. The maximum absolute atomic E-state index is 8.60. The summed E-state index contributed by atoms with van der Waals surface area (Å²) in [7, 11) is 0. The van der Waals surface area contributed by atoms with Crippen LogP contribution in [0.5, 0.6) is 0 Å². The van der Waals surface area contributed by atoms with Crippen molar-refractivity contribution in [3.05, 3.63) is 12.7 Å². The Bertz CT molecular complexity index is 577. The molecule has 8 heteroatoms. The smallest absolute Gasteiger partial charge is 0.182 e. The number of fused-ring (bicyclic) bond motifs is 1. The number of oxime groups is 1. The van der Waals surface area contributed by atoms with E-state index in [2.05, 4.69) is 43.8 Å². The van der Waals surface area contributed by atoms with Crippen molar-refractivity contribution in [3.63, 3.8) is 0 Å². The van der Waals surface area contributed by atoms with Crippen LogP contribution in [-0.4, -0.2) is 43.6 Å². The molecule has 2 aromatic rings. The number of nitrogens with two attached hydrogens (primary N) is 1. The van der Waals surface area contributed by atoms with E-state index in [1.807, 2.05) is 0 Å². The van der Waals surface area contributed by atoms with Gasteiger partial charge in [0.1, 0.15) is 17.7 Å². The van der Waals surface area contributed by atoms with Gasteiger partial charge in [0, 0.05) is 19.0 Å². The zero-order chi connectivity index (χ0) is 13.8. The lowest BCUT2D eigenvalue weighted by molar-refractivity contribution is 0.317. The fourth-order valence-corrected chi connectivity index (χ4v) is 1.86. The molecule has 0 saturated carbocycles. The van der Waals surface area contributed by atoms with Crippen molar-refractivity contribution in [2.75, 3.05) is 11.4 Å². The van der Waals surface area contributed by atoms with Gasteiger partial charge >= 0.3 is 0 Å². The first kappa shape index (κ1) is 13.1. The van der Waals surface area contributed by atoms with Crippen LogP contribution < -0.4 is 10.6 Å². The van der Waals surface area contributed by atoms with E-state index < -0.39 is 0 Å². The van der Waals surface area contributed by atoms with Gasteiger partial charge in [0.2, 0.25) is 0 Å². The SMILES string of the molecule is CC(C)N(CCC(N)=NO)c1ncnc2nc[nH]c12. The highest BCUT2D eigenvalue weighted by atomic mass is 16.4. The molecule has 0 aliphatic rings. The zero-order valence-electron chi connectivity index (χ0n) is 10.9. The molecule has 0 atom stereocenters. The molecule has 0 fully saturated rings. The molecule has 0 spiro atoms. The van der Waals surface area contributed by atoms with E-state index >= 15 is 0 Å². The Hall–Kier alpha value is -2.38. The Labute approximate surface area is 110 Å². The number of H-pyrrole nitrogens is 1. The minimum Gasteiger partial charge on any atom is -0.409 e. The minimum absolute atomic E-state index is 0.195. The molecule has 0 saturated heterocycles. The summed E-state index contributed by atoms with van der Waals surface area (Å²) in [6.07, 6.45) is 3.52. The van der Waals surface area contributed by atoms with E-state index in [1.165, 1.54) is 6.33 Å². The van der Waals surface area contributed by atoms with Crippen LogP contribution in [0.25, 0.3) is 11.2 Å². The van der Waals surface area contributed by atoms with E-state index in [-0.39, 0.29) is 11.9 Å². The summed E-state index contributed by atoms with van der Waals surface area (Å²) in [6, 6.07) is 0.216. The fraction of sp³-hybridized carbons (Fsp3) is 0.455. The van der Waals surface area contributed by atoms with Gasteiger partial charge in [-0.05, 0) is 13.8 Å². The van der Waals surface area contributed by atoms with E-state index in [0.717, 1.165) is 11.3 Å². The third-order valence-electron chi connectivity index (χ3n) is 2.84. The average molecular weight is 263 g/mol. The number of hydrogen-bond donors (Lipinski definition) is 3. The number of amidine groups is 1. The predicted octanol–water partition coefficient (Wildman–Crippen LogP) is 0.704. The van der Waals surface area contributed by atoms with Crippen molar-refractivity contribution in [1.29, 1.82) is 0 Å². The van der Waals surface area contributed by atoms with E-state index in [9.17, 15) is 0 Å². The summed E-state index contributed by atoms with van der Waals surface area (Å²) in [4.78, 5) is 17.6. The Morgan fingerprint density at radius 1 is 1.47 bits per heavy atom. The van der Waals surface area contributed by atoms with Crippen LogP contribution in [0.3, 0.4) is 0 Å². The number of rotatable bonds is 5. The molecule has 0 unspecified atom stereocenters. The van der Waals surface area contributed by atoms with Crippen LogP contribution in [0.15, 0.2) is 17.8 Å². The standard InChI is InChI=1S/C11H17N7O/c1-7(2)18(4-3-8(12)17-19)11-9-10(14-5-13-9)15-6-16-11/h5-7,19H,3-4H2,1-2H3,(H2,12,17)(H,13,14,15,16). The molecule has 2 rings (SSSR count). The van der Waals surface area contributed by atoms with Crippen LogP contribution in [0, 0.1) is 0 Å². The lowest BCUT2D eigenvalue weighted by atomic mass is 10.2. The highest BCUT2D eigenvalue weighted by molar-refractivity contribution is 5.84. The molecule has 0 aromatic carbocycles. The summed E-state index contributed by atoms with van der Waals surface area (Å²) >= 11 is 0. The molecule has 0 bridgehead atoms. The highest BCUT2D eigenvalue weighted by Crippen LogP contribution is 2.21. The number of hydrogen-bond acceptors (Lipinski definition) is 6. The zero-order valence-corrected chi connectivity index (χ0v) is 10.9. The Morgan fingerprint density at radius 2 is 2.26 bits per heavy atom. The maximum Gasteiger partial charge on any atom is 0.182 e. The van der Waals surface area contributed by atoms with Crippen LogP contribution in [-0.2, 0) is 0 Å². The van der Waals surface area contributed by atoms with Crippen molar-refractivity contribution in [2.45, 2.75) is 26.3 Å². The van der Waals surface area contributed by atoms with Crippen LogP contribution in [0.1, 0.15) is 20.3 Å². The van der Waals surface area contributed by atoms with Crippen LogP contribution in [0.2, 0.25) is 0 Å². The first-order chi connectivity index (χ1) is 9.13. The molecule has 0 aliphatic heterocycles. The second kappa shape index (κ2) is 5.51. The summed E-state index contributed by atoms with van der Waals surface area (Å²) < 4.78 is 0. The molecule has 8 nitrogen and oxygen atoms in total. The van der Waals surface area contributed by atoms with Crippen molar-refractivity contribution in [1.82, 2.24) is 19.9 Å². The topological polar surface area (TPSA) is 116 Å². The second-order valence-corrected chi connectivity index (χ2v) is 4.43. The summed E-state index contributed by atoms with van der Waals surface area (Å²) in [5.74, 6) is 0.962. The Kier molecular flexibility index (Phi) is 3.79. The van der Waals surface area contributed by atoms with Crippen molar-refractivity contribution in [3.8, 4) is 0 Å². The molecular weight excluding hydrogens is 246 g/mol. The summed E-state index contributed by atoms with van der Waals surface area (Å²) in [6.45, 7) is 4.70. The van der Waals surface area contributed by atoms with Crippen LogP contribution >= 0.6 is 0 Å². The second-order valence-electron chi connectivity index (χ2n) is 4.43. The first-order valence-corrected chi connectivity index (χ1v) is 6.00. The van der Waals surface area contributed by atoms with Gasteiger partial charge in [-0.25, -0.2) is 15.0 Å². The monoisotopic (exact) mass is 263 g/mol. The van der Waals surface area contributed by atoms with Gasteiger partial charge in [-0.3, -0.25) is 0 Å². The van der Waals surface area contributed by atoms with Gasteiger partial charge in [-0.2, -0.15) is 0 Å². The number of imidazole rings is 1. The molecule has 102 valence electrons. The van der Waals surface area contributed by atoms with Gasteiger partial charge < -0.3 is 20.8 Å².